The number of sulfonamides is 4. The number of aromatic amines is 5. The van der Waals surface area contributed by atoms with Gasteiger partial charge in [-0.2, -0.15) is 58.7 Å². The van der Waals surface area contributed by atoms with Gasteiger partial charge in [0.2, 0.25) is 63.9 Å². The summed E-state index contributed by atoms with van der Waals surface area (Å²) in [5, 5.41) is 59.0. The summed E-state index contributed by atoms with van der Waals surface area (Å²) in [5.41, 5.74) is 9.91. The Bertz CT molecular complexity index is 7860. The molecule has 15 aromatic rings. The molecule has 20 heterocycles. The fraction of sp³-hybridized carbons (Fsp3) is 0.348. The van der Waals surface area contributed by atoms with Gasteiger partial charge in [-0.15, -0.1) is 16.5 Å². The molecule has 6 fully saturated rings. The van der Waals surface area contributed by atoms with Crippen LogP contribution >= 0.6 is 0 Å². The van der Waals surface area contributed by atoms with Crippen molar-refractivity contribution < 1.29 is 38.5 Å². The topological polar surface area (TPSA) is 511 Å². The van der Waals surface area contributed by atoms with Crippen LogP contribution in [0.2, 0.25) is 0 Å². The summed E-state index contributed by atoms with van der Waals surface area (Å²) in [6.07, 6.45) is 38.0. The van der Waals surface area contributed by atoms with E-state index >= 15 is 0 Å². The van der Waals surface area contributed by atoms with Crippen LogP contribution in [0.1, 0.15) is 66.2 Å². The van der Waals surface area contributed by atoms with Crippen LogP contribution in [0.4, 0.5) is 11.6 Å². The average molecular weight is 1880 g/mol. The molecule has 41 nitrogen and oxygen atoms in total. The van der Waals surface area contributed by atoms with E-state index in [0.717, 1.165) is 101 Å². The first-order chi connectivity index (χ1) is 64.4. The maximum absolute atomic E-state index is 12.4. The molecule has 15 aromatic heterocycles. The number of carbonyl (C=O) groups excluding carboxylic acids is 1. The van der Waals surface area contributed by atoms with Crippen molar-refractivity contribution in [3.8, 4) is 80.0 Å². The maximum Gasteiger partial charge on any atom is 0.374 e. The second-order valence-electron chi connectivity index (χ2n) is 34.4. The predicted octanol–water partition coefficient (Wildman–Crippen LogP) is 10.2. The Balaban J connectivity index is 0.000000117. The van der Waals surface area contributed by atoms with Crippen molar-refractivity contribution >= 4 is 113 Å². The van der Waals surface area contributed by atoms with E-state index in [-0.39, 0.29) is 107 Å². The molecular weight excluding hydrogens is 1790 g/mol. The zero-order chi connectivity index (χ0) is 94.5. The van der Waals surface area contributed by atoms with Crippen LogP contribution in [0.25, 0.3) is 125 Å². The van der Waals surface area contributed by atoms with E-state index in [2.05, 4.69) is 114 Å². The number of nitriles is 4. The first-order valence-corrected chi connectivity index (χ1v) is 49.2. The molecule has 6 aliphatic rings. The number of hydrogen-bond donors (Lipinski definition) is 5. The van der Waals surface area contributed by atoms with Crippen molar-refractivity contribution in [3.63, 3.8) is 0 Å². The number of likely N-dealkylation sites (tertiary alicyclic amines) is 1. The van der Waals surface area contributed by atoms with Crippen LogP contribution in [0.3, 0.4) is 0 Å². The predicted molar refractivity (Wildman–Crippen MR) is 495 cm³/mol. The lowest BCUT2D eigenvalue weighted by Gasteiger charge is -2.49. The average Bonchev–Trinajstić information content (AvgIpc) is 1.43. The van der Waals surface area contributed by atoms with Gasteiger partial charge in [-0.05, 0) is 117 Å². The molecule has 5 aliphatic heterocycles. The van der Waals surface area contributed by atoms with Crippen molar-refractivity contribution in [3.05, 3.63) is 207 Å². The summed E-state index contributed by atoms with van der Waals surface area (Å²) in [5.74, 6) is 0.539. The summed E-state index contributed by atoms with van der Waals surface area (Å²) in [7, 11) is -13.2. The van der Waals surface area contributed by atoms with Gasteiger partial charge in [-0.25, -0.2) is 60.0 Å². The van der Waals surface area contributed by atoms with Gasteiger partial charge in [0.1, 0.15) is 44.9 Å². The number of rotatable bonds is 23. The third-order valence-electron chi connectivity index (χ3n) is 25.5. The van der Waals surface area contributed by atoms with Crippen LogP contribution in [0, 0.1) is 71.0 Å². The Morgan fingerprint density at radius 3 is 1.29 bits per heavy atom. The van der Waals surface area contributed by atoms with E-state index in [4.69, 9.17) is 19.7 Å². The molecule has 0 atom stereocenters. The molecule has 0 aromatic carbocycles. The molecule has 134 heavy (non-hydrogen) atoms. The smallest absolute Gasteiger partial charge is 0.374 e. The minimum atomic E-state index is -3.33. The third-order valence-corrected chi connectivity index (χ3v) is 32.4. The second-order valence-corrected chi connectivity index (χ2v) is 43.4. The van der Waals surface area contributed by atoms with Gasteiger partial charge in [0.05, 0.1) is 134 Å². The van der Waals surface area contributed by atoms with E-state index in [9.17, 15) is 59.5 Å². The Kier molecular flexibility index (Phi) is 24.2. The number of carbonyl (C=O) groups is 1. The highest BCUT2D eigenvalue weighted by Gasteiger charge is 2.55. The van der Waals surface area contributed by atoms with Crippen LogP contribution in [0.15, 0.2) is 172 Å². The zero-order valence-electron chi connectivity index (χ0n) is 73.1. The normalized spacial score (nSPS) is 17.1. The molecule has 0 unspecified atom stereocenters. The molecule has 5 N–H and O–H groups in total. The lowest BCUT2D eigenvalue weighted by molar-refractivity contribution is -0.143. The molecule has 21 rings (SSSR count). The van der Waals surface area contributed by atoms with Crippen molar-refractivity contribution in [2.75, 3.05) is 89.8 Å². The van der Waals surface area contributed by atoms with Crippen LogP contribution in [0.5, 0.6) is 0 Å². The number of nitrogens with one attached hydrogen (secondary N) is 5. The molecular formula is C89H88N32O9S4. The summed E-state index contributed by atoms with van der Waals surface area (Å²) < 4.78 is 111. The van der Waals surface area contributed by atoms with Gasteiger partial charge in [0, 0.05) is 195 Å². The largest absolute Gasteiger partial charge is 0.394 e. The summed E-state index contributed by atoms with van der Waals surface area (Å²) >= 11 is 0. The van der Waals surface area contributed by atoms with E-state index in [1.54, 1.807) is 104 Å². The number of aromatic nitrogens is 20. The van der Waals surface area contributed by atoms with E-state index < -0.39 is 73.0 Å². The molecule has 0 spiro atoms. The third kappa shape index (κ3) is 16.8. The molecule has 0 bridgehead atoms. The number of nitrogens with zero attached hydrogens (tertiary/aromatic N) is 27. The lowest BCUT2D eigenvalue weighted by atomic mass is 9.89. The Morgan fingerprint density at radius 2 is 0.866 bits per heavy atom. The van der Waals surface area contributed by atoms with Crippen LogP contribution < -0.4 is 0 Å². The quantitative estimate of drug-likeness (QED) is 0.0371. The highest BCUT2D eigenvalue weighted by Crippen LogP contribution is 2.45. The van der Waals surface area contributed by atoms with Gasteiger partial charge in [-0.3, -0.25) is 28.5 Å². The first kappa shape index (κ1) is 91.0. The second kappa shape index (κ2) is 35.6. The standard InChI is InChI=1S/C19H18N6O2S.C19H18N6O.C18H20N6O2S.C17H16N8O2S.C16H16N6O2S/c1-3-28(26,27)25-12-19(13-25,6-7-20)24-9-5-14(11-24)17-15-4-8-22-18(15)23-10-16(17)21-2;1-20-10-19(11-24(12-19)18(26)13-2-3-13)25-9-14(8-23-25)15-4-6-21-17-16(15)5-7-22-17;1-13(2)27(25,26)23-11-18(12-23,5-6-19)24-10-14(9-22-24)15-3-7-20-17-16(15)4-8-21-17;1-3-28(26,27)24-10-17(11-24,5-6-18)25-9-12(8-21-25)14-13-4-7-20-15(13)23-16(19-2)22-14;1-25(23,24)21-10-16(11-21,4-5-17)22-9-12(8-20-22)13-2-6-18-15-14(13)3-7-19-15/h4-5,8-11H,3,6,12-13H2,1H3,(H,22,23);4-9,13H,2-3,10-12H2,(H,21,22);3-4,7-10,13H,5,11-12H2,1-2H3,(H,20,21);4,7-9H,3,5,10-11H2,1H3,(H,20,22,23);2-3,6-9H,4,10-11H2,1H3,(H,18,19). The van der Waals surface area contributed by atoms with Gasteiger partial charge in [-0.1, -0.05) is 0 Å². The molecule has 1 amide bonds. The molecule has 45 heteroatoms. The number of fused-ring (bicyclic) bond motifs is 5. The molecule has 5 saturated heterocycles. The fourth-order valence-electron chi connectivity index (χ4n) is 17.7. The molecule has 682 valence electrons. The lowest BCUT2D eigenvalue weighted by Crippen LogP contribution is -2.66. The maximum atomic E-state index is 12.4. The Morgan fingerprint density at radius 1 is 0.463 bits per heavy atom. The van der Waals surface area contributed by atoms with Gasteiger partial charge in [0.15, 0.2) is 5.54 Å². The summed E-state index contributed by atoms with van der Waals surface area (Å²) in [6.45, 7) is 32.0. The minimum absolute atomic E-state index is 0.0196. The number of pyridine rings is 4. The van der Waals surface area contributed by atoms with Crippen molar-refractivity contribution in [2.45, 2.75) is 99.2 Å². The Labute approximate surface area is 769 Å². The van der Waals surface area contributed by atoms with Gasteiger partial charge < -0.3 is 44.1 Å². The van der Waals surface area contributed by atoms with Crippen molar-refractivity contribution in [1.29, 1.82) is 21.0 Å². The fourth-order valence-corrected chi connectivity index (χ4v) is 22.5. The zero-order valence-corrected chi connectivity index (χ0v) is 76.4. The number of hydrogen-bond acceptors (Lipinski definition) is 23. The summed E-state index contributed by atoms with van der Waals surface area (Å²) in [4.78, 5) is 65.6. The van der Waals surface area contributed by atoms with Gasteiger partial charge >= 0.3 is 5.95 Å². The first-order valence-electron chi connectivity index (χ1n) is 42.6. The molecule has 1 aliphatic carbocycles. The monoisotopic (exact) mass is 1880 g/mol. The molecule has 1 saturated carbocycles. The number of amides is 1. The molecule has 0 radical (unpaired) electrons. The van der Waals surface area contributed by atoms with Crippen LogP contribution in [-0.4, -0.2) is 255 Å². The van der Waals surface area contributed by atoms with Crippen molar-refractivity contribution in [2.24, 2.45) is 5.92 Å². The minimum Gasteiger partial charge on any atom is -0.394 e. The summed E-state index contributed by atoms with van der Waals surface area (Å²) in [6, 6.07) is 26.0. The Hall–Kier alpha value is -15.0. The SMILES string of the molecule is CC(C)S(=O)(=O)N1CC(CC#N)(n2cc(-c3ccnc4[nH]ccc34)cn2)C1.CS(=O)(=O)N1CC(CC#N)(n2cc(-c3ccnc4[nH]ccc34)cn2)C1.[C-]#[N+]CC1(n2cc(-c3ccnc4[nH]ccc34)cn2)CN(C(=O)C2CC2)C1.[C-]#[N+]c1cnc2[nH]ccc2c1-c1ccn(C2(CC#N)CN(S(=O)(=O)CC)C2)c1.[C-]#[N+]c1nc(-c2cnn(C3(CC#N)CN(S(=O)(=O)CC)C3)c2)c2cc[nH]c2n1. The van der Waals surface area contributed by atoms with Crippen LogP contribution in [-0.2, 0) is 72.6 Å². The van der Waals surface area contributed by atoms with Gasteiger partial charge in [0.25, 0.3) is 0 Å². The number of H-pyrrole nitrogens is 5. The van der Waals surface area contributed by atoms with Crippen molar-refractivity contribution in [1.82, 2.24) is 121 Å². The van der Waals surface area contributed by atoms with E-state index in [0.29, 0.717) is 47.9 Å². The van der Waals surface area contributed by atoms with E-state index in [1.165, 1.54) is 23.5 Å². The highest BCUT2D eigenvalue weighted by atomic mass is 32.2. The van der Waals surface area contributed by atoms with E-state index in [1.807, 2.05) is 125 Å². The highest BCUT2D eigenvalue weighted by molar-refractivity contribution is 7.90.